The molecule has 0 fully saturated rings. The highest BCUT2D eigenvalue weighted by Crippen LogP contribution is 2.28. The lowest BCUT2D eigenvalue weighted by Gasteiger charge is -2.13. The van der Waals surface area contributed by atoms with Gasteiger partial charge in [-0.05, 0) is 56.5 Å². The van der Waals surface area contributed by atoms with Crippen molar-refractivity contribution in [2.45, 2.75) is 27.2 Å². The third-order valence-electron chi connectivity index (χ3n) is 3.79. The number of phenolic OH excluding ortho intramolecular Hbond substituents is 1. The van der Waals surface area contributed by atoms with Gasteiger partial charge in [0, 0.05) is 6.54 Å². The van der Waals surface area contributed by atoms with E-state index < -0.39 is 0 Å². The molecule has 0 aliphatic carbocycles. The zero-order valence-corrected chi connectivity index (χ0v) is 15.0. The van der Waals surface area contributed by atoms with E-state index >= 15 is 0 Å². The number of hydrogen-bond acceptors (Lipinski definition) is 4. The Bertz CT molecular complexity index is 728. The van der Waals surface area contributed by atoms with Crippen LogP contribution >= 0.6 is 0 Å². The number of hydrogen-bond donors (Lipinski definition) is 2. The van der Waals surface area contributed by atoms with Crippen LogP contribution in [0.2, 0.25) is 0 Å². The second kappa shape index (κ2) is 8.97. The minimum absolute atomic E-state index is 0.0275. The molecule has 25 heavy (non-hydrogen) atoms. The SMILES string of the molecule is CCOc1ccc(CCNC(=O)c2cccc(C)c2O)cc1OCC. The second-order valence-electron chi connectivity index (χ2n) is 5.62. The summed E-state index contributed by atoms with van der Waals surface area (Å²) >= 11 is 0. The average molecular weight is 343 g/mol. The van der Waals surface area contributed by atoms with Crippen LogP contribution in [0.3, 0.4) is 0 Å². The van der Waals surface area contributed by atoms with Crippen molar-refractivity contribution < 1.29 is 19.4 Å². The van der Waals surface area contributed by atoms with Gasteiger partial charge in [-0.25, -0.2) is 0 Å². The van der Waals surface area contributed by atoms with Crippen LogP contribution < -0.4 is 14.8 Å². The molecule has 0 heterocycles. The molecule has 2 aromatic carbocycles. The summed E-state index contributed by atoms with van der Waals surface area (Å²) in [6.45, 7) is 7.23. The van der Waals surface area contributed by atoms with Crippen LogP contribution in [0.1, 0.15) is 35.3 Å². The fourth-order valence-electron chi connectivity index (χ4n) is 2.51. The molecular formula is C20H25NO4. The number of carbonyl (C=O) groups is 1. The van der Waals surface area contributed by atoms with Gasteiger partial charge in [-0.3, -0.25) is 4.79 Å². The van der Waals surface area contributed by atoms with Crippen molar-refractivity contribution in [2.75, 3.05) is 19.8 Å². The molecule has 0 aliphatic rings. The van der Waals surface area contributed by atoms with Crippen molar-refractivity contribution in [3.63, 3.8) is 0 Å². The van der Waals surface area contributed by atoms with E-state index in [9.17, 15) is 9.90 Å². The molecule has 0 saturated heterocycles. The van der Waals surface area contributed by atoms with E-state index in [1.807, 2.05) is 32.0 Å². The number of benzene rings is 2. The smallest absolute Gasteiger partial charge is 0.255 e. The summed E-state index contributed by atoms with van der Waals surface area (Å²) in [6.07, 6.45) is 0.658. The van der Waals surface area contributed by atoms with Gasteiger partial charge in [0.05, 0.1) is 18.8 Å². The number of para-hydroxylation sites is 1. The Labute approximate surface area is 148 Å². The largest absolute Gasteiger partial charge is 0.507 e. The van der Waals surface area contributed by atoms with Crippen LogP contribution in [0.4, 0.5) is 0 Å². The number of rotatable bonds is 8. The quantitative estimate of drug-likeness (QED) is 0.770. The molecule has 5 heteroatoms. The van der Waals surface area contributed by atoms with Crippen molar-refractivity contribution >= 4 is 5.91 Å². The Morgan fingerprint density at radius 1 is 1.08 bits per heavy atom. The van der Waals surface area contributed by atoms with Crippen molar-refractivity contribution in [1.82, 2.24) is 5.32 Å². The predicted octanol–water partition coefficient (Wildman–Crippen LogP) is 3.47. The van der Waals surface area contributed by atoms with E-state index in [0.29, 0.717) is 43.1 Å². The second-order valence-corrected chi connectivity index (χ2v) is 5.62. The topological polar surface area (TPSA) is 67.8 Å². The molecule has 0 bridgehead atoms. The van der Waals surface area contributed by atoms with E-state index in [-0.39, 0.29) is 11.7 Å². The minimum atomic E-state index is -0.280. The van der Waals surface area contributed by atoms with Gasteiger partial charge >= 0.3 is 0 Å². The maximum absolute atomic E-state index is 12.2. The van der Waals surface area contributed by atoms with Gasteiger partial charge in [0.2, 0.25) is 0 Å². The molecule has 0 aromatic heterocycles. The van der Waals surface area contributed by atoms with Gasteiger partial charge in [-0.1, -0.05) is 18.2 Å². The highest BCUT2D eigenvalue weighted by atomic mass is 16.5. The lowest BCUT2D eigenvalue weighted by molar-refractivity contribution is 0.0951. The third-order valence-corrected chi connectivity index (χ3v) is 3.79. The summed E-state index contributed by atoms with van der Waals surface area (Å²) < 4.78 is 11.2. The first-order valence-electron chi connectivity index (χ1n) is 8.52. The number of aryl methyl sites for hydroxylation is 1. The molecule has 0 unspecified atom stereocenters. The number of carbonyl (C=O) groups excluding carboxylic acids is 1. The van der Waals surface area contributed by atoms with E-state index in [1.165, 1.54) is 0 Å². The molecule has 0 saturated carbocycles. The van der Waals surface area contributed by atoms with Crippen molar-refractivity contribution in [3.05, 3.63) is 53.1 Å². The molecule has 5 nitrogen and oxygen atoms in total. The van der Waals surface area contributed by atoms with E-state index in [4.69, 9.17) is 9.47 Å². The Balaban J connectivity index is 1.98. The lowest BCUT2D eigenvalue weighted by Crippen LogP contribution is -2.25. The number of phenols is 1. The van der Waals surface area contributed by atoms with Crippen LogP contribution in [-0.2, 0) is 6.42 Å². The van der Waals surface area contributed by atoms with Crippen LogP contribution in [0.25, 0.3) is 0 Å². The summed E-state index contributed by atoms with van der Waals surface area (Å²) in [4.78, 5) is 12.2. The summed E-state index contributed by atoms with van der Waals surface area (Å²) in [6, 6.07) is 10.9. The zero-order valence-electron chi connectivity index (χ0n) is 15.0. The first-order valence-corrected chi connectivity index (χ1v) is 8.52. The fourth-order valence-corrected chi connectivity index (χ4v) is 2.51. The van der Waals surface area contributed by atoms with Crippen LogP contribution in [0.5, 0.6) is 17.2 Å². The third kappa shape index (κ3) is 4.89. The van der Waals surface area contributed by atoms with Gasteiger partial charge in [0.15, 0.2) is 11.5 Å². The lowest BCUT2D eigenvalue weighted by atomic mass is 10.1. The van der Waals surface area contributed by atoms with Crippen molar-refractivity contribution in [2.24, 2.45) is 0 Å². The van der Waals surface area contributed by atoms with E-state index in [1.54, 1.807) is 25.1 Å². The van der Waals surface area contributed by atoms with Gasteiger partial charge in [-0.15, -0.1) is 0 Å². The maximum Gasteiger partial charge on any atom is 0.255 e. The van der Waals surface area contributed by atoms with Crippen molar-refractivity contribution in [3.8, 4) is 17.2 Å². The molecule has 2 rings (SSSR count). The molecule has 134 valence electrons. The zero-order chi connectivity index (χ0) is 18.2. The Morgan fingerprint density at radius 3 is 2.52 bits per heavy atom. The number of amides is 1. The molecule has 0 spiro atoms. The summed E-state index contributed by atoms with van der Waals surface area (Å²) in [5.41, 5.74) is 2.02. The van der Waals surface area contributed by atoms with E-state index in [2.05, 4.69) is 5.32 Å². The number of nitrogens with one attached hydrogen (secondary N) is 1. The standard InChI is InChI=1S/C20H25NO4/c1-4-24-17-10-9-15(13-18(17)25-5-2)11-12-21-20(23)16-8-6-7-14(3)19(16)22/h6-10,13,22H,4-5,11-12H2,1-3H3,(H,21,23). The summed E-state index contributed by atoms with van der Waals surface area (Å²) in [5, 5.41) is 12.8. The van der Waals surface area contributed by atoms with Crippen molar-refractivity contribution in [1.29, 1.82) is 0 Å². The predicted molar refractivity (Wildman–Crippen MR) is 97.7 cm³/mol. The van der Waals surface area contributed by atoms with Crippen LogP contribution in [0, 0.1) is 6.92 Å². The van der Waals surface area contributed by atoms with Gasteiger partial charge in [0.1, 0.15) is 5.75 Å². The first kappa shape index (κ1) is 18.6. The monoisotopic (exact) mass is 343 g/mol. The molecule has 0 radical (unpaired) electrons. The van der Waals surface area contributed by atoms with Gasteiger partial charge in [-0.2, -0.15) is 0 Å². The van der Waals surface area contributed by atoms with Gasteiger partial charge < -0.3 is 19.9 Å². The summed E-state index contributed by atoms with van der Waals surface area (Å²) in [5.74, 6) is 1.18. The van der Waals surface area contributed by atoms with Crippen LogP contribution in [0.15, 0.2) is 36.4 Å². The Hall–Kier alpha value is -2.69. The highest BCUT2D eigenvalue weighted by Gasteiger charge is 2.12. The molecular weight excluding hydrogens is 318 g/mol. The summed E-state index contributed by atoms with van der Waals surface area (Å²) in [7, 11) is 0. The molecule has 2 N–H and O–H groups in total. The average Bonchev–Trinajstić information content (AvgIpc) is 2.60. The first-order chi connectivity index (χ1) is 12.1. The maximum atomic E-state index is 12.2. The highest BCUT2D eigenvalue weighted by molar-refractivity contribution is 5.97. The molecule has 0 aliphatic heterocycles. The Kier molecular flexibility index (Phi) is 6.69. The Morgan fingerprint density at radius 2 is 1.80 bits per heavy atom. The molecule has 1 amide bonds. The molecule has 2 aromatic rings. The van der Waals surface area contributed by atoms with Gasteiger partial charge in [0.25, 0.3) is 5.91 Å². The fraction of sp³-hybridized carbons (Fsp3) is 0.350. The van der Waals surface area contributed by atoms with E-state index in [0.717, 1.165) is 11.3 Å². The minimum Gasteiger partial charge on any atom is -0.507 e. The number of aromatic hydroxyl groups is 1. The molecule has 0 atom stereocenters. The van der Waals surface area contributed by atoms with Crippen LogP contribution in [-0.4, -0.2) is 30.8 Å². The normalized spacial score (nSPS) is 10.4. The number of ether oxygens (including phenoxy) is 2.